The van der Waals surface area contributed by atoms with Crippen molar-refractivity contribution in [1.29, 1.82) is 0 Å². The fraction of sp³-hybridized carbons (Fsp3) is 0.393. The topological polar surface area (TPSA) is 58.6 Å². The van der Waals surface area contributed by atoms with E-state index in [2.05, 4.69) is 43.4 Å². The van der Waals surface area contributed by atoms with E-state index in [4.69, 9.17) is 4.74 Å². The predicted octanol–water partition coefficient (Wildman–Crippen LogP) is 5.80. The molecule has 5 heteroatoms. The van der Waals surface area contributed by atoms with E-state index in [9.17, 15) is 9.90 Å². The summed E-state index contributed by atoms with van der Waals surface area (Å²) in [6.07, 6.45) is 2.76. The van der Waals surface area contributed by atoms with Gasteiger partial charge in [0.2, 0.25) is 0 Å². The van der Waals surface area contributed by atoms with Crippen LogP contribution in [0.1, 0.15) is 59.7 Å². The molecule has 0 fully saturated rings. The summed E-state index contributed by atoms with van der Waals surface area (Å²) in [7, 11) is 0. The third-order valence-corrected chi connectivity index (χ3v) is 7.43. The molecule has 4 rings (SSSR count). The van der Waals surface area contributed by atoms with Crippen LogP contribution in [-0.2, 0) is 17.6 Å². The lowest BCUT2D eigenvalue weighted by Gasteiger charge is -2.30. The number of benzene rings is 2. The molecule has 3 aromatic rings. The molecule has 0 aliphatic heterocycles. The molecule has 1 aromatic heterocycles. The summed E-state index contributed by atoms with van der Waals surface area (Å²) >= 11 is 1.56. The Hall–Kier alpha value is -2.47. The third-order valence-electron chi connectivity index (χ3n) is 6.41. The van der Waals surface area contributed by atoms with E-state index in [0.29, 0.717) is 24.6 Å². The van der Waals surface area contributed by atoms with Gasteiger partial charge in [-0.15, -0.1) is 11.3 Å². The van der Waals surface area contributed by atoms with Crippen molar-refractivity contribution in [3.05, 3.63) is 81.5 Å². The number of fused-ring (bicyclic) bond motifs is 1. The molecule has 0 spiro atoms. The van der Waals surface area contributed by atoms with Gasteiger partial charge in [0.05, 0.1) is 12.2 Å². The van der Waals surface area contributed by atoms with Gasteiger partial charge in [-0.3, -0.25) is 0 Å². The number of thiophene rings is 1. The largest absolute Gasteiger partial charge is 0.462 e. The number of ether oxygens (including phenoxy) is 1. The first-order valence-electron chi connectivity index (χ1n) is 11.7. The van der Waals surface area contributed by atoms with Crippen LogP contribution in [0.5, 0.6) is 0 Å². The number of β-amino-alcohol motifs (C(OH)–C–C–N with tert-alkyl or cyclic N) is 1. The van der Waals surface area contributed by atoms with Crippen molar-refractivity contribution in [1.82, 2.24) is 5.32 Å². The molecule has 0 radical (unpaired) electrons. The highest BCUT2D eigenvalue weighted by atomic mass is 32.1. The van der Waals surface area contributed by atoms with Gasteiger partial charge in [0.15, 0.2) is 0 Å². The molecule has 33 heavy (non-hydrogen) atoms. The standard InChI is InChI=1S/C28H33NO3S/c1-4-32-27(31)21-11-9-20(10-12-21)24-13-14-33-26(24)25(30)18-29-28(2,3)17-19-15-22-7-5-6-8-23(22)16-19/h5-14,19,25,29-30H,4,15-18H2,1-3H3. The lowest BCUT2D eigenvalue weighted by Crippen LogP contribution is -2.43. The van der Waals surface area contributed by atoms with Gasteiger partial charge in [-0.05, 0) is 91.8 Å². The molecule has 1 atom stereocenters. The van der Waals surface area contributed by atoms with Crippen molar-refractivity contribution in [2.75, 3.05) is 13.2 Å². The lowest BCUT2D eigenvalue weighted by molar-refractivity contribution is 0.0526. The number of carbonyl (C=O) groups excluding carboxylic acids is 1. The van der Waals surface area contributed by atoms with E-state index in [-0.39, 0.29) is 11.5 Å². The van der Waals surface area contributed by atoms with Crippen LogP contribution in [0, 0.1) is 5.92 Å². The first-order valence-corrected chi connectivity index (χ1v) is 12.6. The molecule has 1 aliphatic rings. The minimum atomic E-state index is -0.593. The monoisotopic (exact) mass is 463 g/mol. The minimum Gasteiger partial charge on any atom is -0.462 e. The number of carbonyl (C=O) groups is 1. The molecule has 0 amide bonds. The second-order valence-corrected chi connectivity index (χ2v) is 10.5. The van der Waals surface area contributed by atoms with Crippen molar-refractivity contribution in [2.24, 2.45) is 5.92 Å². The third kappa shape index (κ3) is 5.72. The van der Waals surface area contributed by atoms with Crippen LogP contribution in [0.3, 0.4) is 0 Å². The number of rotatable bonds is 9. The Balaban J connectivity index is 1.36. The maximum absolute atomic E-state index is 11.9. The van der Waals surface area contributed by atoms with Crippen LogP contribution < -0.4 is 5.32 Å². The number of aliphatic hydroxyl groups is 1. The highest BCUT2D eigenvalue weighted by Gasteiger charge is 2.29. The van der Waals surface area contributed by atoms with Gasteiger partial charge < -0.3 is 15.2 Å². The minimum absolute atomic E-state index is 0.0631. The highest BCUT2D eigenvalue weighted by molar-refractivity contribution is 7.10. The summed E-state index contributed by atoms with van der Waals surface area (Å²) in [5.41, 5.74) is 5.43. The second-order valence-electron chi connectivity index (χ2n) is 9.52. The van der Waals surface area contributed by atoms with Crippen LogP contribution in [0.25, 0.3) is 11.1 Å². The van der Waals surface area contributed by atoms with Gasteiger partial charge >= 0.3 is 5.97 Å². The predicted molar refractivity (Wildman–Crippen MR) is 135 cm³/mol. The Bertz CT molecular complexity index is 1060. The fourth-order valence-electron chi connectivity index (χ4n) is 4.87. The second kappa shape index (κ2) is 10.2. The molecule has 174 valence electrons. The van der Waals surface area contributed by atoms with E-state index in [0.717, 1.165) is 35.3 Å². The highest BCUT2D eigenvalue weighted by Crippen LogP contribution is 2.35. The van der Waals surface area contributed by atoms with Crippen molar-refractivity contribution in [2.45, 2.75) is 51.7 Å². The maximum atomic E-state index is 11.9. The van der Waals surface area contributed by atoms with Gasteiger partial charge in [0.1, 0.15) is 6.10 Å². The molecule has 4 nitrogen and oxygen atoms in total. The Kier molecular flexibility index (Phi) is 7.32. The smallest absolute Gasteiger partial charge is 0.338 e. The average Bonchev–Trinajstić information content (AvgIpc) is 3.44. The van der Waals surface area contributed by atoms with Crippen LogP contribution in [0.2, 0.25) is 0 Å². The van der Waals surface area contributed by atoms with Gasteiger partial charge in [0.25, 0.3) is 0 Å². The van der Waals surface area contributed by atoms with Gasteiger partial charge in [-0.25, -0.2) is 4.79 Å². The molecule has 0 saturated heterocycles. The van der Waals surface area contributed by atoms with Gasteiger partial charge in [0, 0.05) is 17.0 Å². The van der Waals surface area contributed by atoms with E-state index in [1.165, 1.54) is 11.1 Å². The molecular weight excluding hydrogens is 430 g/mol. The van der Waals surface area contributed by atoms with E-state index >= 15 is 0 Å². The number of hydrogen-bond donors (Lipinski definition) is 2. The normalized spacial score (nSPS) is 14.8. The van der Waals surface area contributed by atoms with E-state index in [1.807, 2.05) is 23.6 Å². The zero-order valence-electron chi connectivity index (χ0n) is 19.6. The maximum Gasteiger partial charge on any atom is 0.338 e. The van der Waals surface area contributed by atoms with Gasteiger partial charge in [-0.2, -0.15) is 0 Å². The molecular formula is C28H33NO3S. The number of aliphatic hydroxyl groups excluding tert-OH is 1. The number of esters is 1. The van der Waals surface area contributed by atoms with Crippen molar-refractivity contribution < 1.29 is 14.6 Å². The Morgan fingerprint density at radius 3 is 2.42 bits per heavy atom. The molecule has 0 bridgehead atoms. The summed E-state index contributed by atoms with van der Waals surface area (Å²) in [5.74, 6) is 0.323. The zero-order chi connectivity index (χ0) is 23.4. The molecule has 1 aliphatic carbocycles. The number of nitrogens with one attached hydrogen (secondary N) is 1. The summed E-state index contributed by atoms with van der Waals surface area (Å²) in [6.45, 7) is 7.12. The summed E-state index contributed by atoms with van der Waals surface area (Å²) in [4.78, 5) is 12.9. The van der Waals surface area contributed by atoms with Crippen LogP contribution in [-0.4, -0.2) is 29.8 Å². The first-order chi connectivity index (χ1) is 15.9. The Labute approximate surface area is 200 Å². The molecule has 0 saturated carbocycles. The summed E-state index contributed by atoms with van der Waals surface area (Å²) in [6, 6.07) is 18.2. The van der Waals surface area contributed by atoms with E-state index < -0.39 is 6.10 Å². The van der Waals surface area contributed by atoms with Crippen molar-refractivity contribution in [3.63, 3.8) is 0 Å². The van der Waals surface area contributed by atoms with Gasteiger partial charge in [-0.1, -0.05) is 36.4 Å². The quantitative estimate of drug-likeness (QED) is 0.394. The first kappa shape index (κ1) is 23.7. The lowest BCUT2D eigenvalue weighted by atomic mass is 9.88. The van der Waals surface area contributed by atoms with Crippen molar-refractivity contribution >= 4 is 17.3 Å². The van der Waals surface area contributed by atoms with Crippen LogP contribution in [0.15, 0.2) is 60.0 Å². The zero-order valence-corrected chi connectivity index (χ0v) is 20.5. The molecule has 2 N–H and O–H groups in total. The Morgan fingerprint density at radius 1 is 1.12 bits per heavy atom. The van der Waals surface area contributed by atoms with E-state index in [1.54, 1.807) is 30.4 Å². The average molecular weight is 464 g/mol. The van der Waals surface area contributed by atoms with Crippen molar-refractivity contribution in [3.8, 4) is 11.1 Å². The summed E-state index contributed by atoms with van der Waals surface area (Å²) in [5, 5.41) is 16.6. The molecule has 1 unspecified atom stereocenters. The Morgan fingerprint density at radius 2 is 1.79 bits per heavy atom. The van der Waals surface area contributed by atoms with Crippen LogP contribution >= 0.6 is 11.3 Å². The fourth-order valence-corrected chi connectivity index (χ4v) is 5.78. The molecule has 2 aromatic carbocycles. The van der Waals surface area contributed by atoms with Crippen LogP contribution in [0.4, 0.5) is 0 Å². The number of hydrogen-bond acceptors (Lipinski definition) is 5. The molecule has 1 heterocycles. The SMILES string of the molecule is CCOC(=O)c1ccc(-c2ccsc2C(O)CNC(C)(C)CC2Cc3ccccc3C2)cc1. The summed E-state index contributed by atoms with van der Waals surface area (Å²) < 4.78 is 5.06.